The summed E-state index contributed by atoms with van der Waals surface area (Å²) in [6.07, 6.45) is 1.87. The van der Waals surface area contributed by atoms with Crippen LogP contribution in [0.15, 0.2) is 36.5 Å². The number of fused-ring (bicyclic) bond motifs is 2. The Labute approximate surface area is 227 Å². The van der Waals surface area contributed by atoms with E-state index in [0.29, 0.717) is 37.5 Å². The van der Waals surface area contributed by atoms with Crippen molar-refractivity contribution in [3.63, 3.8) is 0 Å². The fourth-order valence-corrected chi connectivity index (χ4v) is 5.85. The second kappa shape index (κ2) is 11.1. The Morgan fingerprint density at radius 3 is 2.69 bits per heavy atom. The summed E-state index contributed by atoms with van der Waals surface area (Å²) in [5, 5.41) is 3.15. The van der Waals surface area contributed by atoms with Crippen molar-refractivity contribution in [2.24, 2.45) is 0 Å². The molecule has 208 valence electrons. The Morgan fingerprint density at radius 2 is 1.92 bits per heavy atom. The van der Waals surface area contributed by atoms with Gasteiger partial charge in [0.15, 0.2) is 27.2 Å². The van der Waals surface area contributed by atoms with Crippen molar-refractivity contribution in [2.75, 3.05) is 48.0 Å². The van der Waals surface area contributed by atoms with Gasteiger partial charge in [-0.25, -0.2) is 27.2 Å². The van der Waals surface area contributed by atoms with E-state index < -0.39 is 21.5 Å². The lowest BCUT2D eigenvalue weighted by atomic mass is 9.99. The Morgan fingerprint density at radius 1 is 1.10 bits per heavy atom. The van der Waals surface area contributed by atoms with Gasteiger partial charge in [0.2, 0.25) is 5.95 Å². The van der Waals surface area contributed by atoms with Crippen LogP contribution in [0.1, 0.15) is 31.9 Å². The number of anilines is 3. The number of aromatic nitrogens is 2. The van der Waals surface area contributed by atoms with Crippen LogP contribution in [-0.4, -0.2) is 67.1 Å². The largest absolute Gasteiger partial charge is 0.486 e. The van der Waals surface area contributed by atoms with E-state index in [1.54, 1.807) is 13.0 Å². The van der Waals surface area contributed by atoms with Crippen molar-refractivity contribution < 1.29 is 21.9 Å². The summed E-state index contributed by atoms with van der Waals surface area (Å²) >= 11 is 0. The average Bonchev–Trinajstić information content (AvgIpc) is 2.92. The van der Waals surface area contributed by atoms with Gasteiger partial charge in [0, 0.05) is 42.7 Å². The second-order valence-corrected chi connectivity index (χ2v) is 12.7. The van der Waals surface area contributed by atoms with Gasteiger partial charge < -0.3 is 15.0 Å². The number of rotatable bonds is 8. The zero-order chi connectivity index (χ0) is 27.7. The van der Waals surface area contributed by atoms with Crippen LogP contribution in [0.25, 0.3) is 11.3 Å². The molecule has 0 amide bonds. The number of halogens is 2. The minimum absolute atomic E-state index is 0.000821. The fourth-order valence-electron chi connectivity index (χ4n) is 5.03. The maximum absolute atomic E-state index is 15.0. The highest BCUT2D eigenvalue weighted by atomic mass is 32.2. The first-order chi connectivity index (χ1) is 18.6. The van der Waals surface area contributed by atoms with Crippen LogP contribution < -0.4 is 15.0 Å². The lowest BCUT2D eigenvalue weighted by molar-refractivity contribution is 0.269. The van der Waals surface area contributed by atoms with Gasteiger partial charge in [-0.2, -0.15) is 0 Å². The first-order valence-electron chi connectivity index (χ1n) is 13.2. The number of nitrogens with zero attached hydrogens (tertiary/aromatic N) is 4. The molecule has 0 radical (unpaired) electrons. The minimum atomic E-state index is -3.00. The van der Waals surface area contributed by atoms with E-state index in [4.69, 9.17) is 4.74 Å². The van der Waals surface area contributed by atoms with Crippen LogP contribution in [0.2, 0.25) is 0 Å². The van der Waals surface area contributed by atoms with Crippen molar-refractivity contribution in [3.05, 3.63) is 59.3 Å². The first kappa shape index (κ1) is 27.3. The van der Waals surface area contributed by atoms with Crippen molar-refractivity contribution >= 4 is 27.2 Å². The third kappa shape index (κ3) is 5.99. The van der Waals surface area contributed by atoms with Gasteiger partial charge in [-0.3, -0.25) is 4.90 Å². The molecule has 2 aliphatic heterocycles. The monoisotopic (exact) mass is 557 g/mol. The Balaban J connectivity index is 1.35. The summed E-state index contributed by atoms with van der Waals surface area (Å²) in [5.41, 5.74) is 3.93. The topological polar surface area (TPSA) is 87.7 Å². The number of nitrogens with one attached hydrogen (secondary N) is 1. The number of sulfone groups is 1. The summed E-state index contributed by atoms with van der Waals surface area (Å²) in [6.45, 7) is 8.67. The number of hydrogen-bond acceptors (Lipinski definition) is 8. The predicted octanol–water partition coefficient (Wildman–Crippen LogP) is 4.57. The van der Waals surface area contributed by atoms with Crippen LogP contribution in [0.5, 0.6) is 5.75 Å². The average molecular weight is 558 g/mol. The normalized spacial score (nSPS) is 15.6. The van der Waals surface area contributed by atoms with E-state index in [2.05, 4.69) is 20.2 Å². The van der Waals surface area contributed by atoms with Crippen LogP contribution in [0.3, 0.4) is 0 Å². The van der Waals surface area contributed by atoms with E-state index in [0.717, 1.165) is 36.0 Å². The Hall–Kier alpha value is -3.31. The van der Waals surface area contributed by atoms with Crippen molar-refractivity contribution in [1.29, 1.82) is 0 Å². The summed E-state index contributed by atoms with van der Waals surface area (Å²) in [4.78, 5) is 12.7. The van der Waals surface area contributed by atoms with E-state index in [-0.39, 0.29) is 34.9 Å². The quantitative estimate of drug-likeness (QED) is 0.431. The molecule has 2 aliphatic rings. The maximum Gasteiger partial charge on any atom is 0.227 e. The summed E-state index contributed by atoms with van der Waals surface area (Å²) in [5.74, 6) is -0.514. The SMILES string of the molecule is CCS(=O)(=O)CCN1CCc2cc(Nc3ncc(F)c(-c4cc(F)c5c(c4)N(C(C)C)CCO5)n3)ccc2C1. The lowest BCUT2D eigenvalue weighted by Gasteiger charge is -2.34. The van der Waals surface area contributed by atoms with E-state index in [9.17, 15) is 17.2 Å². The van der Waals surface area contributed by atoms with Crippen molar-refractivity contribution in [3.8, 4) is 17.0 Å². The smallest absolute Gasteiger partial charge is 0.227 e. The van der Waals surface area contributed by atoms with Crippen LogP contribution in [0.4, 0.5) is 26.1 Å². The van der Waals surface area contributed by atoms with Crippen LogP contribution >= 0.6 is 0 Å². The molecule has 8 nitrogen and oxygen atoms in total. The first-order valence-corrected chi connectivity index (χ1v) is 15.0. The van der Waals surface area contributed by atoms with Gasteiger partial charge in [0.1, 0.15) is 12.3 Å². The highest BCUT2D eigenvalue weighted by Crippen LogP contribution is 2.39. The molecule has 5 rings (SSSR count). The summed E-state index contributed by atoms with van der Waals surface area (Å²) in [7, 11) is -3.00. The van der Waals surface area contributed by atoms with Crippen molar-refractivity contribution in [2.45, 2.75) is 39.8 Å². The third-order valence-electron chi connectivity index (χ3n) is 7.26. The highest BCUT2D eigenvalue weighted by molar-refractivity contribution is 7.91. The van der Waals surface area contributed by atoms with Gasteiger partial charge in [0.05, 0.1) is 24.2 Å². The number of hydrogen-bond donors (Lipinski definition) is 1. The molecule has 0 spiro atoms. The summed E-state index contributed by atoms with van der Waals surface area (Å²) in [6, 6.07) is 8.99. The molecule has 3 heterocycles. The molecule has 1 aromatic heterocycles. The molecule has 0 fully saturated rings. The zero-order valence-electron chi connectivity index (χ0n) is 22.4. The molecule has 0 atom stereocenters. The third-order valence-corrected chi connectivity index (χ3v) is 8.95. The van der Waals surface area contributed by atoms with Gasteiger partial charge >= 0.3 is 0 Å². The molecule has 11 heteroatoms. The molecule has 3 aromatic rings. The lowest BCUT2D eigenvalue weighted by Crippen LogP contribution is -2.38. The molecule has 1 N–H and O–H groups in total. The molecule has 0 unspecified atom stereocenters. The molecular weight excluding hydrogens is 524 g/mol. The predicted molar refractivity (Wildman–Crippen MR) is 148 cm³/mol. The van der Waals surface area contributed by atoms with E-state index >= 15 is 0 Å². The number of ether oxygens (including phenoxy) is 1. The Kier molecular flexibility index (Phi) is 7.73. The van der Waals surface area contributed by atoms with E-state index in [1.807, 2.05) is 36.9 Å². The maximum atomic E-state index is 15.0. The van der Waals surface area contributed by atoms with Crippen LogP contribution in [0, 0.1) is 11.6 Å². The molecule has 39 heavy (non-hydrogen) atoms. The van der Waals surface area contributed by atoms with E-state index in [1.165, 1.54) is 6.07 Å². The van der Waals surface area contributed by atoms with Gasteiger partial charge in [-0.15, -0.1) is 0 Å². The van der Waals surface area contributed by atoms with Gasteiger partial charge in [0.25, 0.3) is 0 Å². The second-order valence-electron chi connectivity index (χ2n) is 10.2. The number of benzene rings is 2. The fraction of sp³-hybridized carbons (Fsp3) is 0.429. The van der Waals surface area contributed by atoms with Gasteiger partial charge in [-0.1, -0.05) is 13.0 Å². The summed E-state index contributed by atoms with van der Waals surface area (Å²) < 4.78 is 59.1. The standard InChI is InChI=1S/C28H33F2N5O3S/c1-4-39(36,37)12-10-34-8-7-19-13-22(6-5-20(19)17-34)32-28-31-16-24(30)26(33-28)21-14-23(29)27-25(15-21)35(18(2)3)9-11-38-27/h5-6,13-16,18H,4,7-12,17H2,1-3H3,(H,31,32,33). The molecular formula is C28H33F2N5O3S. The molecule has 0 saturated carbocycles. The van der Waals surface area contributed by atoms with Crippen LogP contribution in [-0.2, 0) is 22.8 Å². The molecule has 0 bridgehead atoms. The van der Waals surface area contributed by atoms with Crippen molar-refractivity contribution in [1.82, 2.24) is 14.9 Å². The van der Waals surface area contributed by atoms with Gasteiger partial charge in [-0.05, 0) is 55.7 Å². The Bertz CT molecular complexity index is 1480. The minimum Gasteiger partial charge on any atom is -0.486 e. The highest BCUT2D eigenvalue weighted by Gasteiger charge is 2.26. The molecule has 0 aliphatic carbocycles. The molecule has 0 saturated heterocycles. The zero-order valence-corrected chi connectivity index (χ0v) is 23.2. The molecule has 2 aromatic carbocycles.